The summed E-state index contributed by atoms with van der Waals surface area (Å²) in [6.45, 7) is 1.97. The second-order valence-corrected chi connectivity index (χ2v) is 5.98. The first-order chi connectivity index (χ1) is 9.72. The molecule has 20 heavy (non-hydrogen) atoms. The van der Waals surface area contributed by atoms with Crippen molar-refractivity contribution in [2.45, 2.75) is 57.0 Å². The molecular weight excluding hydrogens is 250 g/mol. The van der Waals surface area contributed by atoms with E-state index in [-0.39, 0.29) is 0 Å². The topological polar surface area (TPSA) is 29.5 Å². The van der Waals surface area contributed by atoms with E-state index < -0.39 is 0 Å². The van der Waals surface area contributed by atoms with Gasteiger partial charge in [-0.25, -0.2) is 0 Å². The SMILES string of the molecule is CCC(=O)N1[C@@H]2CC[C@H]1CC(c1ccc(OC)cc1)C2. The predicted molar refractivity (Wildman–Crippen MR) is 78.9 cm³/mol. The van der Waals surface area contributed by atoms with E-state index in [0.29, 0.717) is 30.3 Å². The Labute approximate surface area is 120 Å². The van der Waals surface area contributed by atoms with Gasteiger partial charge in [0.05, 0.1) is 7.11 Å². The first-order valence-electron chi connectivity index (χ1n) is 7.68. The van der Waals surface area contributed by atoms with Crippen LogP contribution in [0, 0.1) is 0 Å². The zero-order valence-corrected chi connectivity index (χ0v) is 12.3. The highest BCUT2D eigenvalue weighted by Crippen LogP contribution is 2.43. The third kappa shape index (κ3) is 2.30. The molecule has 108 valence electrons. The van der Waals surface area contributed by atoms with Gasteiger partial charge < -0.3 is 9.64 Å². The summed E-state index contributed by atoms with van der Waals surface area (Å²) in [6, 6.07) is 9.38. The molecule has 3 atom stereocenters. The molecule has 0 aromatic heterocycles. The summed E-state index contributed by atoms with van der Waals surface area (Å²) in [4.78, 5) is 14.2. The molecule has 0 saturated carbocycles. The number of amides is 1. The molecule has 2 saturated heterocycles. The van der Waals surface area contributed by atoms with Crippen LogP contribution in [0.25, 0.3) is 0 Å². The van der Waals surface area contributed by atoms with Crippen molar-refractivity contribution < 1.29 is 9.53 Å². The average Bonchev–Trinajstić information content (AvgIpc) is 2.76. The highest BCUT2D eigenvalue weighted by molar-refractivity contribution is 5.77. The van der Waals surface area contributed by atoms with E-state index in [4.69, 9.17) is 4.74 Å². The largest absolute Gasteiger partial charge is 0.497 e. The summed E-state index contributed by atoms with van der Waals surface area (Å²) in [6.07, 6.45) is 5.25. The Morgan fingerprint density at radius 1 is 1.20 bits per heavy atom. The van der Waals surface area contributed by atoms with E-state index in [9.17, 15) is 4.79 Å². The van der Waals surface area contributed by atoms with Gasteiger partial charge in [0, 0.05) is 18.5 Å². The number of carbonyl (C=O) groups is 1. The van der Waals surface area contributed by atoms with Gasteiger partial charge in [-0.2, -0.15) is 0 Å². The summed E-state index contributed by atoms with van der Waals surface area (Å²) >= 11 is 0. The smallest absolute Gasteiger partial charge is 0.222 e. The zero-order chi connectivity index (χ0) is 14.1. The molecule has 3 rings (SSSR count). The lowest BCUT2D eigenvalue weighted by atomic mass is 9.85. The van der Waals surface area contributed by atoms with E-state index in [0.717, 1.165) is 18.6 Å². The number of fused-ring (bicyclic) bond motifs is 2. The van der Waals surface area contributed by atoms with E-state index in [2.05, 4.69) is 17.0 Å². The van der Waals surface area contributed by atoms with E-state index in [1.807, 2.05) is 19.1 Å². The van der Waals surface area contributed by atoms with Gasteiger partial charge in [-0.1, -0.05) is 19.1 Å². The molecule has 2 bridgehead atoms. The minimum absolute atomic E-state index is 0.339. The molecule has 0 spiro atoms. The van der Waals surface area contributed by atoms with Gasteiger partial charge in [-0.05, 0) is 49.3 Å². The van der Waals surface area contributed by atoms with Crippen LogP contribution >= 0.6 is 0 Å². The van der Waals surface area contributed by atoms with Crippen molar-refractivity contribution in [1.82, 2.24) is 4.90 Å². The molecule has 1 unspecified atom stereocenters. The van der Waals surface area contributed by atoms with Crippen LogP contribution in [0.1, 0.15) is 50.5 Å². The number of benzene rings is 1. The highest BCUT2D eigenvalue weighted by Gasteiger charge is 2.42. The zero-order valence-electron chi connectivity index (χ0n) is 12.3. The third-order valence-electron chi connectivity index (χ3n) is 4.91. The second-order valence-electron chi connectivity index (χ2n) is 5.98. The molecule has 3 heteroatoms. The van der Waals surface area contributed by atoms with Crippen LogP contribution in [0.3, 0.4) is 0 Å². The average molecular weight is 273 g/mol. The molecule has 0 aliphatic carbocycles. The predicted octanol–water partition coefficient (Wildman–Crippen LogP) is 3.34. The molecule has 2 aliphatic heterocycles. The maximum Gasteiger partial charge on any atom is 0.222 e. The number of piperidine rings is 1. The maximum absolute atomic E-state index is 12.1. The minimum Gasteiger partial charge on any atom is -0.497 e. The number of rotatable bonds is 3. The van der Waals surface area contributed by atoms with Gasteiger partial charge >= 0.3 is 0 Å². The van der Waals surface area contributed by atoms with Crippen molar-refractivity contribution >= 4 is 5.91 Å². The number of hydrogen-bond acceptors (Lipinski definition) is 2. The lowest BCUT2D eigenvalue weighted by Gasteiger charge is -2.39. The fourth-order valence-electron chi connectivity index (χ4n) is 3.92. The number of methoxy groups -OCH3 is 1. The standard InChI is InChI=1S/C17H23NO2/c1-3-17(19)18-14-6-7-15(18)11-13(10-14)12-4-8-16(20-2)9-5-12/h4-5,8-9,13-15H,3,6-7,10-11H2,1-2H3/t13?,14-,15+. The first-order valence-corrected chi connectivity index (χ1v) is 7.68. The number of carbonyl (C=O) groups excluding carboxylic acids is 1. The number of nitrogens with zero attached hydrogens (tertiary/aromatic N) is 1. The number of ether oxygens (including phenoxy) is 1. The van der Waals surface area contributed by atoms with E-state index >= 15 is 0 Å². The van der Waals surface area contributed by atoms with Crippen LogP contribution in [-0.2, 0) is 4.79 Å². The molecular formula is C17H23NO2. The highest BCUT2D eigenvalue weighted by atomic mass is 16.5. The van der Waals surface area contributed by atoms with Gasteiger partial charge in [0.15, 0.2) is 0 Å². The summed E-state index contributed by atoms with van der Waals surface area (Å²) in [5, 5.41) is 0. The minimum atomic E-state index is 0.339. The summed E-state index contributed by atoms with van der Waals surface area (Å²) in [7, 11) is 1.70. The molecule has 2 aliphatic rings. The van der Waals surface area contributed by atoms with Gasteiger partial charge in [0.25, 0.3) is 0 Å². The Kier molecular flexibility index (Phi) is 3.68. The second kappa shape index (κ2) is 5.47. The fraction of sp³-hybridized carbons (Fsp3) is 0.588. The Balaban J connectivity index is 1.74. The Morgan fingerprint density at radius 2 is 1.80 bits per heavy atom. The van der Waals surface area contributed by atoms with Crippen LogP contribution in [0.5, 0.6) is 5.75 Å². The van der Waals surface area contributed by atoms with Crippen molar-refractivity contribution in [3.63, 3.8) is 0 Å². The van der Waals surface area contributed by atoms with E-state index in [1.165, 1.54) is 18.4 Å². The molecule has 1 aromatic carbocycles. The van der Waals surface area contributed by atoms with Crippen LogP contribution in [0.2, 0.25) is 0 Å². The Hall–Kier alpha value is -1.51. The van der Waals surface area contributed by atoms with Crippen molar-refractivity contribution in [3.05, 3.63) is 29.8 Å². The van der Waals surface area contributed by atoms with Crippen molar-refractivity contribution in [2.75, 3.05) is 7.11 Å². The molecule has 3 nitrogen and oxygen atoms in total. The fourth-order valence-corrected chi connectivity index (χ4v) is 3.92. The summed E-state index contributed by atoms with van der Waals surface area (Å²) in [5.41, 5.74) is 1.39. The molecule has 1 amide bonds. The molecule has 2 fully saturated rings. The quantitative estimate of drug-likeness (QED) is 0.845. The van der Waals surface area contributed by atoms with Crippen molar-refractivity contribution in [1.29, 1.82) is 0 Å². The normalized spacial score (nSPS) is 28.5. The van der Waals surface area contributed by atoms with Gasteiger partial charge in [-0.15, -0.1) is 0 Å². The van der Waals surface area contributed by atoms with Gasteiger partial charge in [0.2, 0.25) is 5.91 Å². The monoisotopic (exact) mass is 273 g/mol. The first kappa shape index (κ1) is 13.5. The molecule has 2 heterocycles. The maximum atomic E-state index is 12.1. The van der Waals surface area contributed by atoms with Crippen LogP contribution in [-0.4, -0.2) is 30.0 Å². The van der Waals surface area contributed by atoms with Crippen LogP contribution < -0.4 is 4.74 Å². The molecule has 1 aromatic rings. The molecule has 0 N–H and O–H groups in total. The van der Waals surface area contributed by atoms with E-state index in [1.54, 1.807) is 7.11 Å². The third-order valence-corrected chi connectivity index (χ3v) is 4.91. The Bertz CT molecular complexity index is 468. The Morgan fingerprint density at radius 3 is 2.30 bits per heavy atom. The lowest BCUT2D eigenvalue weighted by molar-refractivity contribution is -0.135. The van der Waals surface area contributed by atoms with Gasteiger partial charge in [-0.3, -0.25) is 4.79 Å². The summed E-state index contributed by atoms with van der Waals surface area (Å²) in [5.74, 6) is 1.85. The molecule has 0 radical (unpaired) electrons. The van der Waals surface area contributed by atoms with Crippen LogP contribution in [0.15, 0.2) is 24.3 Å². The summed E-state index contributed by atoms with van der Waals surface area (Å²) < 4.78 is 5.22. The van der Waals surface area contributed by atoms with Crippen LogP contribution in [0.4, 0.5) is 0 Å². The van der Waals surface area contributed by atoms with Crippen molar-refractivity contribution in [2.24, 2.45) is 0 Å². The van der Waals surface area contributed by atoms with Gasteiger partial charge in [0.1, 0.15) is 5.75 Å². The lowest BCUT2D eigenvalue weighted by Crippen LogP contribution is -2.45. The van der Waals surface area contributed by atoms with Crippen molar-refractivity contribution in [3.8, 4) is 5.75 Å². The number of hydrogen-bond donors (Lipinski definition) is 0.